The van der Waals surface area contributed by atoms with Gasteiger partial charge in [-0.2, -0.15) is 5.10 Å². The van der Waals surface area contributed by atoms with Gasteiger partial charge in [0.25, 0.3) is 0 Å². The Morgan fingerprint density at radius 3 is 2.74 bits per heavy atom. The van der Waals surface area contributed by atoms with Crippen molar-refractivity contribution in [1.82, 2.24) is 24.4 Å². The smallest absolute Gasteiger partial charge is 0.337 e. The van der Waals surface area contributed by atoms with Crippen molar-refractivity contribution in [3.63, 3.8) is 0 Å². The summed E-state index contributed by atoms with van der Waals surface area (Å²) in [4.78, 5) is 11.0. The van der Waals surface area contributed by atoms with Crippen LogP contribution in [0.3, 0.4) is 0 Å². The van der Waals surface area contributed by atoms with E-state index in [9.17, 15) is 4.79 Å². The van der Waals surface area contributed by atoms with Crippen LogP contribution in [0, 0.1) is 6.92 Å². The molecule has 1 N–H and O–H groups in total. The highest BCUT2D eigenvalue weighted by atomic mass is 16.4. The van der Waals surface area contributed by atoms with Gasteiger partial charge < -0.3 is 5.11 Å². The summed E-state index contributed by atoms with van der Waals surface area (Å²) < 4.78 is 3.35. The van der Waals surface area contributed by atoms with Gasteiger partial charge in [0, 0.05) is 13.2 Å². The number of pyridine rings is 1. The zero-order valence-electron chi connectivity index (χ0n) is 10.4. The van der Waals surface area contributed by atoms with E-state index in [-0.39, 0.29) is 5.56 Å². The molecule has 7 nitrogen and oxygen atoms in total. The molecule has 3 rings (SSSR count). The molecule has 0 bridgehead atoms. The van der Waals surface area contributed by atoms with Gasteiger partial charge in [0.15, 0.2) is 11.5 Å². The highest BCUT2D eigenvalue weighted by Gasteiger charge is 2.14. The maximum Gasteiger partial charge on any atom is 0.337 e. The van der Waals surface area contributed by atoms with Crippen LogP contribution in [-0.4, -0.2) is 35.5 Å². The minimum absolute atomic E-state index is 0.187. The van der Waals surface area contributed by atoms with E-state index in [2.05, 4.69) is 15.3 Å². The molecular weight excluding hydrogens is 246 g/mol. The number of fused-ring (bicyclic) bond motifs is 1. The molecule has 0 aliphatic heterocycles. The summed E-state index contributed by atoms with van der Waals surface area (Å²) in [5.74, 6) is -0.413. The van der Waals surface area contributed by atoms with Gasteiger partial charge in [0.05, 0.1) is 11.3 Å². The molecule has 0 spiro atoms. The van der Waals surface area contributed by atoms with Gasteiger partial charge in [-0.1, -0.05) is 0 Å². The average molecular weight is 257 g/mol. The summed E-state index contributed by atoms with van der Waals surface area (Å²) in [6, 6.07) is 5.01. The predicted molar refractivity (Wildman–Crippen MR) is 66.9 cm³/mol. The van der Waals surface area contributed by atoms with Gasteiger partial charge in [0.1, 0.15) is 5.69 Å². The maximum absolute atomic E-state index is 11.0. The van der Waals surface area contributed by atoms with Crippen molar-refractivity contribution in [2.45, 2.75) is 6.92 Å². The van der Waals surface area contributed by atoms with E-state index in [1.165, 1.54) is 12.3 Å². The topological polar surface area (TPSA) is 85.3 Å². The van der Waals surface area contributed by atoms with Crippen LogP contribution in [-0.2, 0) is 7.05 Å². The van der Waals surface area contributed by atoms with Crippen molar-refractivity contribution in [3.8, 4) is 11.5 Å². The van der Waals surface area contributed by atoms with E-state index in [4.69, 9.17) is 5.11 Å². The normalized spacial score (nSPS) is 11.1. The zero-order chi connectivity index (χ0) is 13.6. The monoisotopic (exact) mass is 257 g/mol. The molecule has 0 saturated carbocycles. The Hall–Kier alpha value is -2.70. The standard InChI is InChI=1S/C12H11N5O2/c1-7-5-9(16(2)15-7)11-14-13-10-4-3-8(12(18)19)6-17(10)11/h3-6H,1-2H3,(H,18,19). The second-order valence-corrected chi connectivity index (χ2v) is 4.27. The first-order valence-electron chi connectivity index (χ1n) is 5.65. The number of carbonyl (C=O) groups is 1. The van der Waals surface area contributed by atoms with E-state index in [1.54, 1.807) is 15.1 Å². The largest absolute Gasteiger partial charge is 0.478 e. The molecule has 7 heteroatoms. The van der Waals surface area contributed by atoms with Gasteiger partial charge in [0.2, 0.25) is 0 Å². The second-order valence-electron chi connectivity index (χ2n) is 4.27. The first kappa shape index (κ1) is 11.4. The van der Waals surface area contributed by atoms with Crippen LogP contribution >= 0.6 is 0 Å². The summed E-state index contributed by atoms with van der Waals surface area (Å²) in [7, 11) is 1.81. The minimum atomic E-state index is -0.984. The van der Waals surface area contributed by atoms with Crippen LogP contribution in [0.5, 0.6) is 0 Å². The molecule has 0 amide bonds. The number of aromatic nitrogens is 5. The van der Waals surface area contributed by atoms with Crippen molar-refractivity contribution in [2.24, 2.45) is 7.05 Å². The average Bonchev–Trinajstić information content (AvgIpc) is 2.91. The Morgan fingerprint density at radius 1 is 1.32 bits per heavy atom. The molecule has 0 saturated heterocycles. The lowest BCUT2D eigenvalue weighted by Crippen LogP contribution is -2.01. The number of carboxylic acid groups (broad SMARTS) is 1. The second kappa shape index (κ2) is 3.91. The number of hydrogen-bond donors (Lipinski definition) is 1. The first-order chi connectivity index (χ1) is 9.06. The van der Waals surface area contributed by atoms with E-state index >= 15 is 0 Å². The van der Waals surface area contributed by atoms with Crippen LogP contribution in [0.15, 0.2) is 24.4 Å². The number of aryl methyl sites for hydroxylation is 2. The lowest BCUT2D eigenvalue weighted by atomic mass is 10.3. The third-order valence-electron chi connectivity index (χ3n) is 2.88. The van der Waals surface area contributed by atoms with Gasteiger partial charge in [-0.3, -0.25) is 9.08 Å². The Balaban J connectivity index is 2.27. The van der Waals surface area contributed by atoms with Crippen LogP contribution in [0.1, 0.15) is 16.1 Å². The summed E-state index contributed by atoms with van der Waals surface area (Å²) in [5.41, 5.74) is 2.43. The molecule has 0 aliphatic rings. The lowest BCUT2D eigenvalue weighted by molar-refractivity contribution is 0.0696. The SMILES string of the molecule is Cc1cc(-c2nnc3ccc(C(=O)O)cn23)n(C)n1. The molecule has 0 unspecified atom stereocenters. The number of carboxylic acids is 1. The van der Waals surface area contributed by atoms with E-state index in [0.29, 0.717) is 11.5 Å². The molecule has 3 heterocycles. The van der Waals surface area contributed by atoms with E-state index in [1.807, 2.05) is 20.0 Å². The third-order valence-corrected chi connectivity index (χ3v) is 2.88. The molecule has 0 radical (unpaired) electrons. The highest BCUT2D eigenvalue weighted by Crippen LogP contribution is 2.19. The fraction of sp³-hybridized carbons (Fsp3) is 0.167. The van der Waals surface area contributed by atoms with Gasteiger partial charge >= 0.3 is 5.97 Å². The summed E-state index contributed by atoms with van der Waals surface area (Å²) >= 11 is 0. The first-order valence-corrected chi connectivity index (χ1v) is 5.65. The molecule has 0 aromatic carbocycles. The fourth-order valence-electron chi connectivity index (χ4n) is 2.01. The Kier molecular flexibility index (Phi) is 2.34. The van der Waals surface area contributed by atoms with Crippen LogP contribution in [0.4, 0.5) is 0 Å². The Morgan fingerprint density at radius 2 is 2.11 bits per heavy atom. The molecule has 0 atom stereocenters. The number of aromatic carboxylic acids is 1. The van der Waals surface area contributed by atoms with Crippen molar-refractivity contribution in [3.05, 3.63) is 35.7 Å². The molecular formula is C12H11N5O2. The van der Waals surface area contributed by atoms with Gasteiger partial charge in [-0.15, -0.1) is 10.2 Å². The molecule has 19 heavy (non-hydrogen) atoms. The Labute approximate surface area is 108 Å². The van der Waals surface area contributed by atoms with Crippen LogP contribution in [0.2, 0.25) is 0 Å². The number of hydrogen-bond acceptors (Lipinski definition) is 4. The molecule has 0 fully saturated rings. The van der Waals surface area contributed by atoms with Gasteiger partial charge in [-0.05, 0) is 25.1 Å². The van der Waals surface area contributed by atoms with Crippen LogP contribution < -0.4 is 0 Å². The lowest BCUT2D eigenvalue weighted by Gasteiger charge is -2.01. The quantitative estimate of drug-likeness (QED) is 0.744. The fourth-order valence-corrected chi connectivity index (χ4v) is 2.01. The van der Waals surface area contributed by atoms with E-state index < -0.39 is 5.97 Å². The summed E-state index contributed by atoms with van der Waals surface area (Å²) in [6.07, 6.45) is 1.51. The molecule has 0 aliphatic carbocycles. The molecule has 3 aromatic heterocycles. The van der Waals surface area contributed by atoms with Gasteiger partial charge in [-0.25, -0.2) is 4.79 Å². The summed E-state index contributed by atoms with van der Waals surface area (Å²) in [6.45, 7) is 1.88. The van der Waals surface area contributed by atoms with Crippen molar-refractivity contribution in [2.75, 3.05) is 0 Å². The van der Waals surface area contributed by atoms with E-state index in [0.717, 1.165) is 11.4 Å². The number of nitrogens with zero attached hydrogens (tertiary/aromatic N) is 5. The maximum atomic E-state index is 11.0. The summed E-state index contributed by atoms with van der Waals surface area (Å²) in [5, 5.41) is 21.4. The minimum Gasteiger partial charge on any atom is -0.478 e. The van der Waals surface area contributed by atoms with Crippen molar-refractivity contribution < 1.29 is 9.90 Å². The van der Waals surface area contributed by atoms with Crippen LogP contribution in [0.25, 0.3) is 17.2 Å². The molecule has 3 aromatic rings. The van der Waals surface area contributed by atoms with Crippen molar-refractivity contribution in [1.29, 1.82) is 0 Å². The number of rotatable bonds is 2. The predicted octanol–water partition coefficient (Wildman–Crippen LogP) is 1.14. The van der Waals surface area contributed by atoms with Crippen molar-refractivity contribution >= 4 is 11.6 Å². The molecule has 96 valence electrons. The zero-order valence-corrected chi connectivity index (χ0v) is 10.4. The third kappa shape index (κ3) is 1.75. The highest BCUT2D eigenvalue weighted by molar-refractivity contribution is 5.87. The Bertz CT molecular complexity index is 787.